The lowest BCUT2D eigenvalue weighted by Crippen LogP contribution is -2.30. The Morgan fingerprint density at radius 1 is 1.22 bits per heavy atom. The Morgan fingerprint density at radius 2 is 1.83 bits per heavy atom. The number of hydrogen-bond donors (Lipinski definition) is 1. The van der Waals surface area contributed by atoms with E-state index in [2.05, 4.69) is 27.7 Å². The van der Waals surface area contributed by atoms with Crippen molar-refractivity contribution >= 4 is 23.2 Å². The van der Waals surface area contributed by atoms with Crippen molar-refractivity contribution in [3.63, 3.8) is 0 Å². The standard InChI is InChI=1S/C15H23Cl2N/c1-10(15(2,3)4)7-13(18)8-11-5-6-12(16)9-14(11)17/h5-6,9-10,13H,7-8,18H2,1-4H3. The van der Waals surface area contributed by atoms with Crippen LogP contribution in [0.25, 0.3) is 0 Å². The molecule has 0 aliphatic carbocycles. The van der Waals surface area contributed by atoms with E-state index >= 15 is 0 Å². The van der Waals surface area contributed by atoms with E-state index < -0.39 is 0 Å². The van der Waals surface area contributed by atoms with Crippen LogP contribution in [-0.2, 0) is 6.42 Å². The summed E-state index contributed by atoms with van der Waals surface area (Å²) >= 11 is 12.0. The second-order valence-electron chi connectivity index (χ2n) is 6.20. The highest BCUT2D eigenvalue weighted by Gasteiger charge is 2.22. The van der Waals surface area contributed by atoms with Crippen molar-refractivity contribution in [2.75, 3.05) is 0 Å². The second kappa shape index (κ2) is 6.27. The van der Waals surface area contributed by atoms with E-state index in [1.165, 1.54) is 0 Å². The number of nitrogens with two attached hydrogens (primary N) is 1. The van der Waals surface area contributed by atoms with Crippen LogP contribution in [0.1, 0.15) is 39.7 Å². The summed E-state index contributed by atoms with van der Waals surface area (Å²) in [5.74, 6) is 0.582. The molecule has 0 amide bonds. The molecule has 2 unspecified atom stereocenters. The first-order valence-electron chi connectivity index (χ1n) is 6.39. The SMILES string of the molecule is CC(CC(N)Cc1ccc(Cl)cc1Cl)C(C)(C)C. The number of hydrogen-bond acceptors (Lipinski definition) is 1. The summed E-state index contributed by atoms with van der Waals surface area (Å²) in [6.45, 7) is 9.00. The summed E-state index contributed by atoms with van der Waals surface area (Å²) in [5, 5.41) is 1.38. The summed E-state index contributed by atoms with van der Waals surface area (Å²) in [4.78, 5) is 0. The van der Waals surface area contributed by atoms with Gasteiger partial charge in [-0.2, -0.15) is 0 Å². The predicted molar refractivity (Wildman–Crippen MR) is 81.4 cm³/mol. The Kier molecular flexibility index (Phi) is 5.51. The van der Waals surface area contributed by atoms with E-state index in [-0.39, 0.29) is 6.04 Å². The van der Waals surface area contributed by atoms with Gasteiger partial charge in [0.05, 0.1) is 0 Å². The minimum absolute atomic E-state index is 0.137. The van der Waals surface area contributed by atoms with Crippen LogP contribution in [0.4, 0.5) is 0 Å². The van der Waals surface area contributed by atoms with E-state index in [1.54, 1.807) is 6.07 Å². The molecule has 1 rings (SSSR count). The van der Waals surface area contributed by atoms with Gasteiger partial charge in [0.2, 0.25) is 0 Å². The number of benzene rings is 1. The molecule has 18 heavy (non-hydrogen) atoms. The molecule has 0 saturated heterocycles. The molecule has 0 heterocycles. The van der Waals surface area contributed by atoms with Crippen molar-refractivity contribution in [2.24, 2.45) is 17.1 Å². The maximum atomic E-state index is 6.22. The molecule has 0 saturated carbocycles. The Labute approximate surface area is 121 Å². The Hall–Kier alpha value is -0.240. The summed E-state index contributed by atoms with van der Waals surface area (Å²) in [7, 11) is 0. The third-order valence-corrected chi connectivity index (χ3v) is 4.22. The van der Waals surface area contributed by atoms with Crippen LogP contribution in [0.5, 0.6) is 0 Å². The molecule has 102 valence electrons. The predicted octanol–water partition coefficient (Wildman–Crippen LogP) is 4.94. The highest BCUT2D eigenvalue weighted by molar-refractivity contribution is 6.35. The average molecular weight is 288 g/mol. The van der Waals surface area contributed by atoms with E-state index in [0.29, 0.717) is 21.4 Å². The molecular formula is C15H23Cl2N. The highest BCUT2D eigenvalue weighted by Crippen LogP contribution is 2.30. The second-order valence-corrected chi connectivity index (χ2v) is 7.05. The summed E-state index contributed by atoms with van der Waals surface area (Å²) in [5.41, 5.74) is 7.59. The molecule has 0 aliphatic rings. The molecule has 2 N–H and O–H groups in total. The molecule has 1 aromatic rings. The normalized spacial score (nSPS) is 15.5. The zero-order valence-corrected chi connectivity index (χ0v) is 13.1. The minimum Gasteiger partial charge on any atom is -0.327 e. The fourth-order valence-electron chi connectivity index (χ4n) is 1.86. The quantitative estimate of drug-likeness (QED) is 0.834. The van der Waals surface area contributed by atoms with Crippen LogP contribution in [0, 0.1) is 11.3 Å². The first-order chi connectivity index (χ1) is 8.20. The molecule has 0 fully saturated rings. The Morgan fingerprint density at radius 3 is 2.33 bits per heavy atom. The molecule has 0 aromatic heterocycles. The number of halogens is 2. The molecule has 0 aliphatic heterocycles. The van der Waals surface area contributed by atoms with Crippen molar-refractivity contribution in [1.29, 1.82) is 0 Å². The third kappa shape index (κ3) is 4.79. The van der Waals surface area contributed by atoms with E-state index in [4.69, 9.17) is 28.9 Å². The maximum absolute atomic E-state index is 6.22. The Bertz CT molecular complexity index is 396. The van der Waals surface area contributed by atoms with Gasteiger partial charge in [0.1, 0.15) is 0 Å². The van der Waals surface area contributed by atoms with Gasteiger partial charge >= 0.3 is 0 Å². The summed E-state index contributed by atoms with van der Waals surface area (Å²) in [6.07, 6.45) is 1.80. The Balaban J connectivity index is 2.62. The van der Waals surface area contributed by atoms with Gasteiger partial charge in [-0.25, -0.2) is 0 Å². The fraction of sp³-hybridized carbons (Fsp3) is 0.600. The molecule has 0 bridgehead atoms. The van der Waals surface area contributed by atoms with Crippen molar-refractivity contribution in [1.82, 2.24) is 0 Å². The highest BCUT2D eigenvalue weighted by atomic mass is 35.5. The molecule has 1 aromatic carbocycles. The molecule has 0 radical (unpaired) electrons. The first-order valence-corrected chi connectivity index (χ1v) is 7.15. The molecule has 3 heteroatoms. The topological polar surface area (TPSA) is 26.0 Å². The van der Waals surface area contributed by atoms with Gasteiger partial charge in [-0.05, 0) is 41.9 Å². The zero-order valence-electron chi connectivity index (χ0n) is 11.6. The lowest BCUT2D eigenvalue weighted by atomic mass is 9.78. The van der Waals surface area contributed by atoms with Crippen molar-refractivity contribution in [2.45, 2.75) is 46.6 Å². The van der Waals surface area contributed by atoms with E-state index in [9.17, 15) is 0 Å². The van der Waals surface area contributed by atoms with Crippen LogP contribution in [0.2, 0.25) is 10.0 Å². The largest absolute Gasteiger partial charge is 0.327 e. The molecule has 0 spiro atoms. The van der Waals surface area contributed by atoms with Crippen molar-refractivity contribution in [3.8, 4) is 0 Å². The van der Waals surface area contributed by atoms with Gasteiger partial charge in [-0.1, -0.05) is 57.0 Å². The molecule has 2 atom stereocenters. The van der Waals surface area contributed by atoms with Gasteiger partial charge in [0.25, 0.3) is 0 Å². The fourth-order valence-corrected chi connectivity index (χ4v) is 2.35. The van der Waals surface area contributed by atoms with Crippen LogP contribution >= 0.6 is 23.2 Å². The monoisotopic (exact) mass is 287 g/mol. The van der Waals surface area contributed by atoms with Crippen molar-refractivity contribution in [3.05, 3.63) is 33.8 Å². The van der Waals surface area contributed by atoms with Crippen molar-refractivity contribution < 1.29 is 0 Å². The molecular weight excluding hydrogens is 265 g/mol. The number of rotatable bonds is 4. The van der Waals surface area contributed by atoms with Gasteiger partial charge in [0.15, 0.2) is 0 Å². The van der Waals surface area contributed by atoms with Crippen LogP contribution in [-0.4, -0.2) is 6.04 Å². The lowest BCUT2D eigenvalue weighted by molar-refractivity contribution is 0.233. The van der Waals surface area contributed by atoms with Gasteiger partial charge in [-0.3, -0.25) is 0 Å². The summed E-state index contributed by atoms with van der Waals surface area (Å²) in [6, 6.07) is 5.74. The van der Waals surface area contributed by atoms with Crippen LogP contribution < -0.4 is 5.73 Å². The molecule has 1 nitrogen and oxygen atoms in total. The summed E-state index contributed by atoms with van der Waals surface area (Å²) < 4.78 is 0. The average Bonchev–Trinajstić information content (AvgIpc) is 2.20. The van der Waals surface area contributed by atoms with Gasteiger partial charge < -0.3 is 5.73 Å². The van der Waals surface area contributed by atoms with E-state index in [0.717, 1.165) is 18.4 Å². The van der Waals surface area contributed by atoms with Crippen LogP contribution in [0.15, 0.2) is 18.2 Å². The smallest absolute Gasteiger partial charge is 0.0453 e. The first kappa shape index (κ1) is 15.8. The van der Waals surface area contributed by atoms with E-state index in [1.807, 2.05) is 12.1 Å². The van der Waals surface area contributed by atoms with Gasteiger partial charge in [-0.15, -0.1) is 0 Å². The zero-order chi connectivity index (χ0) is 13.9. The van der Waals surface area contributed by atoms with Crippen LogP contribution in [0.3, 0.4) is 0 Å². The minimum atomic E-state index is 0.137. The third-order valence-electron chi connectivity index (χ3n) is 3.63. The lowest BCUT2D eigenvalue weighted by Gasteiger charge is -2.29. The maximum Gasteiger partial charge on any atom is 0.0453 e. The van der Waals surface area contributed by atoms with Gasteiger partial charge in [0, 0.05) is 16.1 Å².